The molecule has 1 fully saturated rings. The Morgan fingerprint density at radius 3 is 2.27 bits per heavy atom. The second kappa shape index (κ2) is 6.30. The van der Waals surface area contributed by atoms with Gasteiger partial charge in [-0.3, -0.25) is 4.79 Å². The third kappa shape index (κ3) is 3.96. The van der Waals surface area contributed by atoms with Gasteiger partial charge in [0.1, 0.15) is 5.78 Å². The van der Waals surface area contributed by atoms with E-state index in [1.165, 1.54) is 12.8 Å². The van der Waals surface area contributed by atoms with Crippen LogP contribution in [0.2, 0.25) is 0 Å². The largest absolute Gasteiger partial charge is 0.299 e. The zero-order chi connectivity index (χ0) is 11.3. The summed E-state index contributed by atoms with van der Waals surface area (Å²) < 4.78 is 0. The van der Waals surface area contributed by atoms with Gasteiger partial charge < -0.3 is 0 Å². The summed E-state index contributed by atoms with van der Waals surface area (Å²) >= 11 is 0. The van der Waals surface area contributed by atoms with Crippen molar-refractivity contribution < 1.29 is 4.79 Å². The molecule has 1 heteroatoms. The lowest BCUT2D eigenvalue weighted by Crippen LogP contribution is -2.24. The van der Waals surface area contributed by atoms with Crippen molar-refractivity contribution in [1.82, 2.24) is 0 Å². The molecule has 0 aliphatic heterocycles. The van der Waals surface area contributed by atoms with Gasteiger partial charge in [0.15, 0.2) is 0 Å². The molecule has 1 aliphatic rings. The van der Waals surface area contributed by atoms with Gasteiger partial charge in [0.25, 0.3) is 0 Å². The van der Waals surface area contributed by atoms with Gasteiger partial charge in [-0.25, -0.2) is 0 Å². The normalized spacial score (nSPS) is 26.9. The number of Topliss-reactive ketones (excluding diaryl/α,β-unsaturated/α-hetero) is 1. The monoisotopic (exact) mass is 210 g/mol. The van der Waals surface area contributed by atoms with Crippen LogP contribution >= 0.6 is 0 Å². The first-order valence-electron chi connectivity index (χ1n) is 6.67. The summed E-state index contributed by atoms with van der Waals surface area (Å²) in [6.07, 6.45) is 7.93. The Labute approximate surface area is 94.6 Å². The van der Waals surface area contributed by atoms with Crippen LogP contribution in [0.15, 0.2) is 0 Å². The highest BCUT2D eigenvalue weighted by Crippen LogP contribution is 2.34. The standard InChI is InChI=1S/C14H26O/c1-4-5-6-14(15)13-9-7-12(8-10-13)11(2)3/h11-13H,4-10H2,1-3H3. The molecule has 1 saturated carbocycles. The van der Waals surface area contributed by atoms with E-state index in [1.807, 2.05) is 0 Å². The van der Waals surface area contributed by atoms with Crippen molar-refractivity contribution >= 4 is 5.78 Å². The first-order chi connectivity index (χ1) is 7.15. The van der Waals surface area contributed by atoms with Crippen molar-refractivity contribution in [2.45, 2.75) is 65.7 Å². The topological polar surface area (TPSA) is 17.1 Å². The lowest BCUT2D eigenvalue weighted by atomic mass is 9.75. The highest BCUT2D eigenvalue weighted by molar-refractivity contribution is 5.80. The van der Waals surface area contributed by atoms with Crippen molar-refractivity contribution in [1.29, 1.82) is 0 Å². The predicted molar refractivity (Wildman–Crippen MR) is 64.8 cm³/mol. The summed E-state index contributed by atoms with van der Waals surface area (Å²) in [6, 6.07) is 0. The summed E-state index contributed by atoms with van der Waals surface area (Å²) in [7, 11) is 0. The van der Waals surface area contributed by atoms with E-state index in [-0.39, 0.29) is 0 Å². The van der Waals surface area contributed by atoms with E-state index < -0.39 is 0 Å². The van der Waals surface area contributed by atoms with Gasteiger partial charge in [-0.2, -0.15) is 0 Å². The Morgan fingerprint density at radius 2 is 1.80 bits per heavy atom. The molecular formula is C14H26O. The number of ketones is 1. The molecule has 0 atom stereocenters. The fraction of sp³-hybridized carbons (Fsp3) is 0.929. The molecule has 1 aliphatic carbocycles. The molecule has 0 bridgehead atoms. The molecule has 0 unspecified atom stereocenters. The number of unbranched alkanes of at least 4 members (excludes halogenated alkanes) is 1. The van der Waals surface area contributed by atoms with Gasteiger partial charge in [0.05, 0.1) is 0 Å². The van der Waals surface area contributed by atoms with E-state index in [0.29, 0.717) is 11.7 Å². The summed E-state index contributed by atoms with van der Waals surface area (Å²) in [6.45, 7) is 6.77. The van der Waals surface area contributed by atoms with Gasteiger partial charge in [-0.1, -0.05) is 27.2 Å². The van der Waals surface area contributed by atoms with Crippen LogP contribution in [-0.2, 0) is 4.79 Å². The minimum Gasteiger partial charge on any atom is -0.299 e. The molecule has 0 heterocycles. The van der Waals surface area contributed by atoms with E-state index in [0.717, 1.165) is 43.9 Å². The maximum absolute atomic E-state index is 11.8. The highest BCUT2D eigenvalue weighted by atomic mass is 16.1. The zero-order valence-corrected chi connectivity index (χ0v) is 10.6. The summed E-state index contributed by atoms with van der Waals surface area (Å²) in [5, 5.41) is 0. The molecule has 15 heavy (non-hydrogen) atoms. The van der Waals surface area contributed by atoms with E-state index in [1.54, 1.807) is 0 Å². The summed E-state index contributed by atoms with van der Waals surface area (Å²) in [5.41, 5.74) is 0. The van der Waals surface area contributed by atoms with Gasteiger partial charge in [0.2, 0.25) is 0 Å². The van der Waals surface area contributed by atoms with E-state index >= 15 is 0 Å². The summed E-state index contributed by atoms with van der Waals surface area (Å²) in [5.74, 6) is 2.63. The fourth-order valence-electron chi connectivity index (χ4n) is 2.66. The number of hydrogen-bond donors (Lipinski definition) is 0. The molecule has 88 valence electrons. The van der Waals surface area contributed by atoms with Gasteiger partial charge in [-0.15, -0.1) is 0 Å². The molecule has 0 N–H and O–H groups in total. The number of carbonyl (C=O) groups is 1. The Morgan fingerprint density at radius 1 is 1.20 bits per heavy atom. The second-order valence-corrected chi connectivity index (χ2v) is 5.43. The van der Waals surface area contributed by atoms with Crippen molar-refractivity contribution in [2.75, 3.05) is 0 Å². The number of hydrogen-bond acceptors (Lipinski definition) is 1. The Hall–Kier alpha value is -0.330. The van der Waals surface area contributed by atoms with Crippen LogP contribution in [0.1, 0.15) is 65.7 Å². The molecule has 0 aromatic carbocycles. The molecular weight excluding hydrogens is 184 g/mol. The number of rotatable bonds is 5. The van der Waals surface area contributed by atoms with Crippen LogP contribution < -0.4 is 0 Å². The van der Waals surface area contributed by atoms with Crippen LogP contribution in [-0.4, -0.2) is 5.78 Å². The molecule has 0 amide bonds. The summed E-state index contributed by atoms with van der Waals surface area (Å²) in [4.78, 5) is 11.8. The minimum absolute atomic E-state index is 0.409. The van der Waals surface area contributed by atoms with E-state index in [9.17, 15) is 4.79 Å². The number of carbonyl (C=O) groups excluding carboxylic acids is 1. The van der Waals surface area contributed by atoms with Crippen LogP contribution in [0.4, 0.5) is 0 Å². The smallest absolute Gasteiger partial charge is 0.135 e. The molecule has 0 spiro atoms. The average Bonchev–Trinajstić information content (AvgIpc) is 2.26. The van der Waals surface area contributed by atoms with Gasteiger partial charge in [-0.05, 0) is 43.9 Å². The van der Waals surface area contributed by atoms with Crippen molar-refractivity contribution in [3.63, 3.8) is 0 Å². The molecule has 0 radical (unpaired) electrons. The van der Waals surface area contributed by atoms with Crippen LogP contribution in [0, 0.1) is 17.8 Å². The highest BCUT2D eigenvalue weighted by Gasteiger charge is 2.26. The predicted octanol–water partition coefficient (Wildman–Crippen LogP) is 4.21. The van der Waals surface area contributed by atoms with E-state index in [2.05, 4.69) is 20.8 Å². The maximum atomic E-state index is 11.8. The third-order valence-corrected chi connectivity index (χ3v) is 3.95. The average molecular weight is 210 g/mol. The lowest BCUT2D eigenvalue weighted by molar-refractivity contribution is -0.124. The van der Waals surface area contributed by atoms with Gasteiger partial charge >= 0.3 is 0 Å². The third-order valence-electron chi connectivity index (χ3n) is 3.95. The maximum Gasteiger partial charge on any atom is 0.135 e. The Bertz CT molecular complexity index is 188. The molecule has 1 nitrogen and oxygen atoms in total. The molecule has 0 aromatic rings. The van der Waals surface area contributed by atoms with Crippen molar-refractivity contribution in [2.24, 2.45) is 17.8 Å². The Kier molecular flexibility index (Phi) is 5.35. The lowest BCUT2D eigenvalue weighted by Gasteiger charge is -2.30. The van der Waals surface area contributed by atoms with Crippen molar-refractivity contribution in [3.8, 4) is 0 Å². The quantitative estimate of drug-likeness (QED) is 0.664. The SMILES string of the molecule is CCCCC(=O)C1CCC(C(C)C)CC1. The van der Waals surface area contributed by atoms with Crippen LogP contribution in [0.25, 0.3) is 0 Å². The van der Waals surface area contributed by atoms with Crippen LogP contribution in [0.5, 0.6) is 0 Å². The molecule has 0 aromatic heterocycles. The minimum atomic E-state index is 0.409. The fourth-order valence-corrected chi connectivity index (χ4v) is 2.66. The molecule has 1 rings (SSSR count). The second-order valence-electron chi connectivity index (χ2n) is 5.43. The zero-order valence-electron chi connectivity index (χ0n) is 10.6. The first-order valence-corrected chi connectivity index (χ1v) is 6.67. The van der Waals surface area contributed by atoms with Gasteiger partial charge in [0, 0.05) is 12.3 Å². The first kappa shape index (κ1) is 12.7. The Balaban J connectivity index is 2.27. The van der Waals surface area contributed by atoms with E-state index in [4.69, 9.17) is 0 Å². The van der Waals surface area contributed by atoms with Crippen molar-refractivity contribution in [3.05, 3.63) is 0 Å². The van der Waals surface area contributed by atoms with Crippen LogP contribution in [0.3, 0.4) is 0 Å². The molecule has 0 saturated heterocycles.